The Hall–Kier alpha value is -3.35. The molecule has 1 saturated carbocycles. The van der Waals surface area contributed by atoms with Crippen LogP contribution in [0.15, 0.2) is 48.5 Å². The fourth-order valence-electron chi connectivity index (χ4n) is 5.04. The average molecular weight is 479 g/mol. The second-order valence-electron chi connectivity index (χ2n) is 10.9. The Morgan fingerprint density at radius 3 is 2.17 bits per heavy atom. The van der Waals surface area contributed by atoms with E-state index in [1.807, 2.05) is 24.3 Å². The molecule has 1 fully saturated rings. The largest absolute Gasteiger partial charge is 0.481 e. The van der Waals surface area contributed by atoms with Crippen LogP contribution in [0.25, 0.3) is 11.1 Å². The molecule has 186 valence electrons. The van der Waals surface area contributed by atoms with Gasteiger partial charge in [-0.15, -0.1) is 0 Å². The Kier molecular flexibility index (Phi) is 7.15. The molecule has 0 aliphatic heterocycles. The summed E-state index contributed by atoms with van der Waals surface area (Å²) >= 11 is 0. The van der Waals surface area contributed by atoms with Crippen molar-refractivity contribution in [2.24, 2.45) is 17.3 Å². The maximum atomic E-state index is 12.8. The fraction of sp³-hybridized carbons (Fsp3) is 0.464. The van der Waals surface area contributed by atoms with Crippen LogP contribution >= 0.6 is 0 Å². The number of ether oxygens (including phenoxy) is 1. The van der Waals surface area contributed by atoms with Gasteiger partial charge in [-0.25, -0.2) is 4.79 Å². The van der Waals surface area contributed by atoms with E-state index in [4.69, 9.17) is 9.84 Å². The molecule has 4 rings (SSSR count). The summed E-state index contributed by atoms with van der Waals surface area (Å²) in [4.78, 5) is 36.3. The van der Waals surface area contributed by atoms with Crippen LogP contribution in [0.3, 0.4) is 0 Å². The molecule has 2 aliphatic carbocycles. The van der Waals surface area contributed by atoms with Gasteiger partial charge in [0.05, 0.1) is 5.92 Å². The Bertz CT molecular complexity index is 1060. The SMILES string of the molecule is CC(C)(C)CC(CC(=O)NCC1CC1C(=O)O)NC(=O)OCC1c2ccccc2-c2ccccc21. The van der Waals surface area contributed by atoms with Gasteiger partial charge in [-0.05, 0) is 46.4 Å². The van der Waals surface area contributed by atoms with Gasteiger partial charge in [0, 0.05) is 24.9 Å². The molecule has 2 aromatic carbocycles. The van der Waals surface area contributed by atoms with E-state index in [0.717, 1.165) is 11.1 Å². The summed E-state index contributed by atoms with van der Waals surface area (Å²) in [7, 11) is 0. The first-order chi connectivity index (χ1) is 16.6. The molecule has 0 bridgehead atoms. The molecule has 3 atom stereocenters. The topological polar surface area (TPSA) is 105 Å². The molecular formula is C28H34N2O5. The Morgan fingerprint density at radius 1 is 1.03 bits per heavy atom. The zero-order valence-corrected chi connectivity index (χ0v) is 20.5. The van der Waals surface area contributed by atoms with Gasteiger partial charge in [-0.1, -0.05) is 69.3 Å². The van der Waals surface area contributed by atoms with Crippen molar-refractivity contribution in [3.63, 3.8) is 0 Å². The summed E-state index contributed by atoms with van der Waals surface area (Å²) in [5.41, 5.74) is 4.52. The summed E-state index contributed by atoms with van der Waals surface area (Å²) in [6, 6.07) is 16.0. The van der Waals surface area contributed by atoms with Crippen LogP contribution in [0.5, 0.6) is 0 Å². The number of carbonyl (C=O) groups is 3. The predicted octanol–water partition coefficient (Wildman–Crippen LogP) is 4.56. The van der Waals surface area contributed by atoms with Crippen molar-refractivity contribution >= 4 is 18.0 Å². The van der Waals surface area contributed by atoms with Gasteiger partial charge >= 0.3 is 12.1 Å². The van der Waals surface area contributed by atoms with E-state index in [1.165, 1.54) is 11.1 Å². The number of fused-ring (bicyclic) bond motifs is 3. The molecule has 7 heteroatoms. The van der Waals surface area contributed by atoms with Crippen molar-refractivity contribution < 1.29 is 24.2 Å². The molecule has 7 nitrogen and oxygen atoms in total. The lowest BCUT2D eigenvalue weighted by Crippen LogP contribution is -2.42. The van der Waals surface area contributed by atoms with E-state index in [1.54, 1.807) is 0 Å². The van der Waals surface area contributed by atoms with E-state index in [2.05, 4.69) is 55.7 Å². The highest BCUT2D eigenvalue weighted by atomic mass is 16.5. The van der Waals surface area contributed by atoms with E-state index >= 15 is 0 Å². The number of benzene rings is 2. The van der Waals surface area contributed by atoms with Crippen LogP contribution in [0.1, 0.15) is 57.1 Å². The van der Waals surface area contributed by atoms with Gasteiger partial charge in [0.2, 0.25) is 5.91 Å². The number of amides is 2. The minimum Gasteiger partial charge on any atom is -0.481 e. The van der Waals surface area contributed by atoms with E-state index in [0.29, 0.717) is 19.4 Å². The Morgan fingerprint density at radius 2 is 1.63 bits per heavy atom. The number of aliphatic carboxylic acids is 1. The molecular weight excluding hydrogens is 444 g/mol. The van der Waals surface area contributed by atoms with Crippen LogP contribution in [0.2, 0.25) is 0 Å². The third-order valence-electron chi connectivity index (χ3n) is 6.76. The highest BCUT2D eigenvalue weighted by Crippen LogP contribution is 2.44. The first-order valence-corrected chi connectivity index (χ1v) is 12.2. The summed E-state index contributed by atoms with van der Waals surface area (Å²) in [6.07, 6.45) is 0.776. The van der Waals surface area contributed by atoms with Crippen LogP contribution in [0.4, 0.5) is 4.79 Å². The van der Waals surface area contributed by atoms with Crippen molar-refractivity contribution in [3.8, 4) is 11.1 Å². The second kappa shape index (κ2) is 10.1. The Balaban J connectivity index is 1.33. The predicted molar refractivity (Wildman–Crippen MR) is 133 cm³/mol. The lowest BCUT2D eigenvalue weighted by Gasteiger charge is -2.26. The summed E-state index contributed by atoms with van der Waals surface area (Å²) < 4.78 is 5.67. The number of carboxylic acid groups (broad SMARTS) is 1. The fourth-order valence-corrected chi connectivity index (χ4v) is 5.04. The van der Waals surface area contributed by atoms with E-state index in [9.17, 15) is 14.4 Å². The van der Waals surface area contributed by atoms with Crippen molar-refractivity contribution in [1.29, 1.82) is 0 Å². The van der Waals surface area contributed by atoms with Crippen molar-refractivity contribution in [2.45, 2.75) is 52.0 Å². The number of carboxylic acids is 1. The number of nitrogens with one attached hydrogen (secondary N) is 2. The number of hydrogen-bond donors (Lipinski definition) is 3. The third kappa shape index (κ3) is 6.21. The first kappa shape index (κ1) is 24.8. The van der Waals surface area contributed by atoms with Crippen LogP contribution < -0.4 is 10.6 Å². The molecule has 2 aromatic rings. The monoisotopic (exact) mass is 478 g/mol. The number of hydrogen-bond acceptors (Lipinski definition) is 4. The summed E-state index contributed by atoms with van der Waals surface area (Å²) in [5.74, 6) is -1.41. The maximum Gasteiger partial charge on any atom is 0.407 e. The molecule has 0 aromatic heterocycles. The van der Waals surface area contributed by atoms with Crippen molar-refractivity contribution in [3.05, 3.63) is 59.7 Å². The number of alkyl carbamates (subject to hydrolysis) is 1. The molecule has 0 heterocycles. The van der Waals surface area contributed by atoms with Gasteiger partial charge in [-0.3, -0.25) is 9.59 Å². The smallest absolute Gasteiger partial charge is 0.407 e. The molecule has 0 spiro atoms. The maximum absolute atomic E-state index is 12.8. The number of rotatable bonds is 9. The quantitative estimate of drug-likeness (QED) is 0.490. The molecule has 35 heavy (non-hydrogen) atoms. The lowest BCUT2D eigenvalue weighted by atomic mass is 9.87. The van der Waals surface area contributed by atoms with Gasteiger partial charge in [0.25, 0.3) is 0 Å². The van der Waals surface area contributed by atoms with Gasteiger partial charge in [-0.2, -0.15) is 0 Å². The minimum atomic E-state index is -0.813. The summed E-state index contributed by atoms with van der Waals surface area (Å²) in [5, 5.41) is 14.7. The van der Waals surface area contributed by atoms with Gasteiger partial charge in [0.15, 0.2) is 0 Å². The molecule has 2 aliphatic rings. The van der Waals surface area contributed by atoms with E-state index in [-0.39, 0.29) is 48.1 Å². The zero-order chi connectivity index (χ0) is 25.2. The average Bonchev–Trinajstić information content (AvgIpc) is 3.51. The third-order valence-corrected chi connectivity index (χ3v) is 6.76. The van der Waals surface area contributed by atoms with Gasteiger partial charge in [0.1, 0.15) is 6.61 Å². The molecule has 2 amide bonds. The minimum absolute atomic E-state index is 0.00684. The highest BCUT2D eigenvalue weighted by molar-refractivity contribution is 5.80. The molecule has 0 radical (unpaired) electrons. The zero-order valence-electron chi connectivity index (χ0n) is 20.5. The summed E-state index contributed by atoms with van der Waals surface area (Å²) in [6.45, 7) is 6.73. The standard InChI is InChI=1S/C28H34N2O5/c1-28(2,3)14-18(13-25(31)29-15-17-12-23(17)26(32)33)30-27(34)35-16-24-21-10-6-4-8-19(21)20-9-5-7-11-22(20)24/h4-11,17-18,23-24H,12-16H2,1-3H3,(H,29,31)(H,30,34)(H,32,33). The highest BCUT2D eigenvalue weighted by Gasteiger charge is 2.43. The van der Waals surface area contributed by atoms with Gasteiger partial charge < -0.3 is 20.5 Å². The van der Waals surface area contributed by atoms with Crippen molar-refractivity contribution in [1.82, 2.24) is 10.6 Å². The van der Waals surface area contributed by atoms with Crippen LogP contribution in [0, 0.1) is 17.3 Å². The molecule has 0 saturated heterocycles. The molecule has 3 unspecified atom stereocenters. The Labute approximate surface area is 206 Å². The lowest BCUT2D eigenvalue weighted by molar-refractivity contribution is -0.139. The normalized spacial score (nSPS) is 19.3. The number of carbonyl (C=O) groups excluding carboxylic acids is 2. The van der Waals surface area contributed by atoms with Crippen LogP contribution in [-0.2, 0) is 14.3 Å². The first-order valence-electron chi connectivity index (χ1n) is 12.2. The second-order valence-corrected chi connectivity index (χ2v) is 10.9. The molecule has 3 N–H and O–H groups in total. The van der Waals surface area contributed by atoms with E-state index < -0.39 is 12.1 Å². The van der Waals surface area contributed by atoms with Crippen LogP contribution in [-0.4, -0.2) is 42.3 Å². The van der Waals surface area contributed by atoms with Crippen molar-refractivity contribution in [2.75, 3.05) is 13.2 Å².